The van der Waals surface area contributed by atoms with Gasteiger partial charge in [-0.1, -0.05) is 13.0 Å². The number of methoxy groups -OCH3 is 1. The number of nitrogens with zero attached hydrogens (tertiary/aromatic N) is 2. The third-order valence-corrected chi connectivity index (χ3v) is 4.94. The molecule has 0 bridgehead atoms. The first-order valence-corrected chi connectivity index (χ1v) is 9.73. The van der Waals surface area contributed by atoms with Gasteiger partial charge in [0.25, 0.3) is 0 Å². The normalized spacial score (nSPS) is 10.5. The lowest BCUT2D eigenvalue weighted by molar-refractivity contribution is 0.0696. The van der Waals surface area contributed by atoms with Crippen molar-refractivity contribution >= 4 is 28.8 Å². The molecular formula is C21H21N3O3S. The first kappa shape index (κ1) is 19.6. The second-order valence-electron chi connectivity index (χ2n) is 6.02. The third-order valence-electron chi connectivity index (χ3n) is 4.26. The standard InChI is InChI=1S/C21H21N3O3S/c1-4-6-15-16(5-2)22-19(14-9-10-28-12-14)24-20(15)23-17-8-7-13(21(25)26)11-18(17)27-3/h4,7-12H,1,5-6H2,2-3H3,(H,25,26)(H,22,23,24). The molecule has 0 radical (unpaired) electrons. The van der Waals surface area contributed by atoms with Gasteiger partial charge in [0, 0.05) is 22.2 Å². The van der Waals surface area contributed by atoms with Gasteiger partial charge in [-0.15, -0.1) is 6.58 Å². The number of ether oxygens (including phenoxy) is 1. The van der Waals surface area contributed by atoms with Crippen molar-refractivity contribution in [3.05, 3.63) is 64.5 Å². The van der Waals surface area contributed by atoms with Crippen molar-refractivity contribution in [2.45, 2.75) is 19.8 Å². The number of thiophene rings is 1. The number of benzene rings is 1. The van der Waals surface area contributed by atoms with Crippen LogP contribution in [0.2, 0.25) is 0 Å². The molecule has 7 heteroatoms. The summed E-state index contributed by atoms with van der Waals surface area (Å²) in [4.78, 5) is 20.7. The molecule has 0 aliphatic rings. The molecule has 144 valence electrons. The van der Waals surface area contributed by atoms with Crippen LogP contribution in [0.5, 0.6) is 5.75 Å². The van der Waals surface area contributed by atoms with Gasteiger partial charge in [-0.05, 0) is 42.5 Å². The van der Waals surface area contributed by atoms with Crippen LogP contribution in [-0.2, 0) is 12.8 Å². The number of rotatable bonds is 8. The number of hydrogen-bond acceptors (Lipinski definition) is 6. The molecule has 3 rings (SSSR count). The second-order valence-corrected chi connectivity index (χ2v) is 6.80. The topological polar surface area (TPSA) is 84.3 Å². The maximum Gasteiger partial charge on any atom is 0.335 e. The number of aromatic carboxylic acids is 1. The quantitative estimate of drug-likeness (QED) is 0.525. The minimum atomic E-state index is -1.01. The van der Waals surface area contributed by atoms with E-state index in [9.17, 15) is 9.90 Å². The van der Waals surface area contributed by atoms with Crippen molar-refractivity contribution in [3.8, 4) is 17.1 Å². The zero-order chi connectivity index (χ0) is 20.1. The van der Waals surface area contributed by atoms with Crippen LogP contribution in [0.3, 0.4) is 0 Å². The van der Waals surface area contributed by atoms with Crippen molar-refractivity contribution in [1.29, 1.82) is 0 Å². The summed E-state index contributed by atoms with van der Waals surface area (Å²) in [6.07, 6.45) is 3.19. The minimum Gasteiger partial charge on any atom is -0.495 e. The summed E-state index contributed by atoms with van der Waals surface area (Å²) >= 11 is 1.59. The van der Waals surface area contributed by atoms with E-state index in [0.717, 1.165) is 23.2 Å². The van der Waals surface area contributed by atoms with E-state index in [2.05, 4.69) is 18.8 Å². The number of allylic oxidation sites excluding steroid dienone is 1. The highest BCUT2D eigenvalue weighted by Crippen LogP contribution is 2.32. The smallest absolute Gasteiger partial charge is 0.335 e. The van der Waals surface area contributed by atoms with Gasteiger partial charge < -0.3 is 15.2 Å². The lowest BCUT2D eigenvalue weighted by atomic mass is 10.1. The highest BCUT2D eigenvalue weighted by Gasteiger charge is 2.16. The summed E-state index contributed by atoms with van der Waals surface area (Å²) in [5.41, 5.74) is 3.65. The molecule has 0 aliphatic carbocycles. The molecule has 0 saturated carbocycles. The van der Waals surface area contributed by atoms with Crippen molar-refractivity contribution in [2.24, 2.45) is 0 Å². The first-order chi connectivity index (χ1) is 13.6. The Hall–Kier alpha value is -3.19. The van der Waals surface area contributed by atoms with E-state index in [1.165, 1.54) is 19.2 Å². The van der Waals surface area contributed by atoms with Gasteiger partial charge in [-0.25, -0.2) is 14.8 Å². The second kappa shape index (κ2) is 8.67. The van der Waals surface area contributed by atoms with Gasteiger partial charge in [0.15, 0.2) is 5.82 Å². The number of nitrogens with one attached hydrogen (secondary N) is 1. The number of carboxylic acids is 1. The molecule has 0 amide bonds. The Morgan fingerprint density at radius 3 is 2.79 bits per heavy atom. The van der Waals surface area contributed by atoms with Gasteiger partial charge in [-0.3, -0.25) is 0 Å². The Labute approximate surface area is 167 Å². The number of hydrogen-bond donors (Lipinski definition) is 2. The molecule has 2 heterocycles. The molecule has 0 atom stereocenters. The first-order valence-electron chi connectivity index (χ1n) is 8.79. The van der Waals surface area contributed by atoms with E-state index in [1.54, 1.807) is 17.4 Å². The number of aromatic nitrogens is 2. The van der Waals surface area contributed by atoms with Crippen LogP contribution in [0.4, 0.5) is 11.5 Å². The summed E-state index contributed by atoms with van der Waals surface area (Å²) in [5, 5.41) is 16.5. The van der Waals surface area contributed by atoms with Gasteiger partial charge >= 0.3 is 5.97 Å². The fourth-order valence-corrected chi connectivity index (χ4v) is 3.50. The summed E-state index contributed by atoms with van der Waals surface area (Å²) in [5.74, 6) is 0.731. The van der Waals surface area contributed by atoms with Crippen molar-refractivity contribution < 1.29 is 14.6 Å². The lowest BCUT2D eigenvalue weighted by Gasteiger charge is -2.17. The molecule has 3 aromatic rings. The van der Waals surface area contributed by atoms with Crippen molar-refractivity contribution in [2.75, 3.05) is 12.4 Å². The SMILES string of the molecule is C=CCc1c(CC)nc(-c2ccsc2)nc1Nc1ccc(C(=O)O)cc1OC. The number of aryl methyl sites for hydroxylation is 1. The average Bonchev–Trinajstić information content (AvgIpc) is 3.24. The Morgan fingerprint density at radius 2 is 2.18 bits per heavy atom. The predicted molar refractivity (Wildman–Crippen MR) is 112 cm³/mol. The lowest BCUT2D eigenvalue weighted by Crippen LogP contribution is -2.08. The molecule has 0 aliphatic heterocycles. The number of anilines is 2. The Bertz CT molecular complexity index is 1000. The maximum atomic E-state index is 11.2. The highest BCUT2D eigenvalue weighted by atomic mass is 32.1. The van der Waals surface area contributed by atoms with Crippen LogP contribution < -0.4 is 10.1 Å². The monoisotopic (exact) mass is 395 g/mol. The van der Waals surface area contributed by atoms with Crippen LogP contribution >= 0.6 is 11.3 Å². The van der Waals surface area contributed by atoms with E-state index in [4.69, 9.17) is 14.7 Å². The van der Waals surface area contributed by atoms with E-state index in [0.29, 0.717) is 29.5 Å². The van der Waals surface area contributed by atoms with E-state index >= 15 is 0 Å². The highest BCUT2D eigenvalue weighted by molar-refractivity contribution is 7.08. The summed E-state index contributed by atoms with van der Waals surface area (Å²) < 4.78 is 5.38. The molecular weight excluding hydrogens is 374 g/mol. The fourth-order valence-electron chi connectivity index (χ4n) is 2.86. The molecule has 1 aromatic carbocycles. The van der Waals surface area contributed by atoms with E-state index in [-0.39, 0.29) is 5.56 Å². The summed E-state index contributed by atoms with van der Waals surface area (Å²) in [7, 11) is 1.50. The van der Waals surface area contributed by atoms with Gasteiger partial charge in [-0.2, -0.15) is 11.3 Å². The maximum absolute atomic E-state index is 11.2. The average molecular weight is 395 g/mol. The number of carbonyl (C=O) groups is 1. The largest absolute Gasteiger partial charge is 0.495 e. The summed E-state index contributed by atoms with van der Waals surface area (Å²) in [6.45, 7) is 5.90. The molecule has 0 spiro atoms. The zero-order valence-corrected chi connectivity index (χ0v) is 16.5. The fraction of sp³-hybridized carbons (Fsp3) is 0.190. The van der Waals surface area contributed by atoms with Crippen molar-refractivity contribution in [3.63, 3.8) is 0 Å². The van der Waals surface area contributed by atoms with Crippen LogP contribution in [0, 0.1) is 0 Å². The molecule has 6 nitrogen and oxygen atoms in total. The Kier molecular flexibility index (Phi) is 6.06. The predicted octanol–water partition coefficient (Wildman–Crippen LogP) is 4.95. The molecule has 28 heavy (non-hydrogen) atoms. The zero-order valence-electron chi connectivity index (χ0n) is 15.7. The van der Waals surface area contributed by atoms with Crippen LogP contribution in [0.1, 0.15) is 28.5 Å². The number of carboxylic acid groups (broad SMARTS) is 1. The van der Waals surface area contributed by atoms with Crippen molar-refractivity contribution in [1.82, 2.24) is 9.97 Å². The van der Waals surface area contributed by atoms with E-state index < -0.39 is 5.97 Å². The Morgan fingerprint density at radius 1 is 1.36 bits per heavy atom. The van der Waals surface area contributed by atoms with Crippen LogP contribution in [-0.4, -0.2) is 28.2 Å². The third kappa shape index (κ3) is 4.04. The van der Waals surface area contributed by atoms with Crippen LogP contribution in [0.15, 0.2) is 47.7 Å². The molecule has 0 saturated heterocycles. The molecule has 0 fully saturated rings. The minimum absolute atomic E-state index is 0.157. The van der Waals surface area contributed by atoms with E-state index in [1.807, 2.05) is 22.9 Å². The van der Waals surface area contributed by atoms with Gasteiger partial charge in [0.05, 0.1) is 18.4 Å². The molecule has 2 N–H and O–H groups in total. The summed E-state index contributed by atoms with van der Waals surface area (Å²) in [6, 6.07) is 6.68. The Balaban J connectivity index is 2.10. The van der Waals surface area contributed by atoms with Gasteiger partial charge in [0.2, 0.25) is 0 Å². The molecule has 0 unspecified atom stereocenters. The van der Waals surface area contributed by atoms with Gasteiger partial charge in [0.1, 0.15) is 11.6 Å². The van der Waals surface area contributed by atoms with Crippen LogP contribution in [0.25, 0.3) is 11.4 Å². The molecule has 2 aromatic heterocycles.